The van der Waals surface area contributed by atoms with Crippen LogP contribution in [0.25, 0.3) is 11.2 Å². The molecular weight excluding hydrogens is 423 g/mol. The highest BCUT2D eigenvalue weighted by atomic mass is 127. The third kappa shape index (κ3) is 4.35. The first-order chi connectivity index (χ1) is 9.81. The van der Waals surface area contributed by atoms with Crippen molar-refractivity contribution in [3.63, 3.8) is 0 Å². The Bertz CT molecular complexity index is 644. The zero-order chi connectivity index (χ0) is 15.6. The molecule has 1 N–H and O–H groups in total. The van der Waals surface area contributed by atoms with Gasteiger partial charge in [-0.05, 0) is 28.6 Å². The van der Waals surface area contributed by atoms with Crippen LogP contribution in [0.4, 0.5) is 0 Å². The molecule has 0 aliphatic carbocycles. The molecule has 0 aliphatic rings. The number of halogens is 2. The summed E-state index contributed by atoms with van der Waals surface area (Å²) < 4.78 is 8.06. The summed E-state index contributed by atoms with van der Waals surface area (Å²) in [5.74, 6) is 0. The van der Waals surface area contributed by atoms with Gasteiger partial charge >= 0.3 is 0 Å². The molecule has 2 rings (SSSR count). The summed E-state index contributed by atoms with van der Waals surface area (Å²) in [7, 11) is -1.10. The maximum Gasteiger partial charge on any atom is 0.181 e. The number of ether oxygens (including phenoxy) is 1. The van der Waals surface area contributed by atoms with Crippen molar-refractivity contribution in [3.8, 4) is 0 Å². The van der Waals surface area contributed by atoms with Gasteiger partial charge in [-0.15, -0.1) is 0 Å². The van der Waals surface area contributed by atoms with Gasteiger partial charge in [-0.1, -0.05) is 31.2 Å². The van der Waals surface area contributed by atoms with E-state index in [4.69, 9.17) is 16.3 Å². The van der Waals surface area contributed by atoms with Gasteiger partial charge in [0.25, 0.3) is 0 Å². The Morgan fingerprint density at radius 2 is 2.05 bits per heavy atom. The fraction of sp³-hybridized carbons (Fsp3) is 0.583. The molecule has 0 bridgehead atoms. The van der Waals surface area contributed by atoms with Crippen molar-refractivity contribution >= 4 is 53.4 Å². The van der Waals surface area contributed by atoms with E-state index in [-0.39, 0.29) is 11.8 Å². The monoisotopic (exact) mass is 440 g/mol. The Balaban J connectivity index is 2.15. The molecule has 0 radical (unpaired) electrons. The third-order valence-corrected chi connectivity index (χ3v) is 5.64. The van der Waals surface area contributed by atoms with E-state index in [2.05, 4.69) is 57.3 Å². The Hall–Kier alpha value is -0.293. The summed E-state index contributed by atoms with van der Waals surface area (Å²) in [6.45, 7) is 7.73. The molecule has 2 aromatic heterocycles. The molecule has 116 valence electrons. The maximum atomic E-state index is 9.19. The summed E-state index contributed by atoms with van der Waals surface area (Å²) in [4.78, 5) is 8.56. The number of hydrogen-bond acceptors (Lipinski definition) is 5. The van der Waals surface area contributed by atoms with Crippen molar-refractivity contribution in [1.29, 1.82) is 0 Å². The molecule has 0 unspecified atom stereocenters. The fourth-order valence-corrected chi connectivity index (χ4v) is 3.24. The van der Waals surface area contributed by atoms with Gasteiger partial charge in [0.05, 0.1) is 6.61 Å². The molecule has 0 saturated carbocycles. The number of fused-ring (bicyclic) bond motifs is 1. The van der Waals surface area contributed by atoms with Crippen molar-refractivity contribution in [2.45, 2.75) is 39.0 Å². The fourth-order valence-electron chi connectivity index (χ4n) is 1.68. The molecule has 0 aromatic carbocycles. The van der Waals surface area contributed by atoms with Gasteiger partial charge in [0.15, 0.2) is 14.5 Å². The lowest BCUT2D eigenvalue weighted by Crippen LogP contribution is -2.22. The molecule has 2 aromatic rings. The molecule has 6 nitrogen and oxygen atoms in total. The molecule has 0 fully saturated rings. The minimum absolute atomic E-state index is 0.199. The second-order valence-corrected chi connectivity index (χ2v) is 12.9. The number of nitrogens with zero attached hydrogens (tertiary/aromatic N) is 4. The zero-order valence-corrected chi connectivity index (χ0v) is 16.1. The molecular formula is C12H18ClIN4O2Si. The Morgan fingerprint density at radius 1 is 1.33 bits per heavy atom. The quantitative estimate of drug-likeness (QED) is 0.425. The van der Waals surface area contributed by atoms with Gasteiger partial charge < -0.3 is 9.84 Å². The summed E-state index contributed by atoms with van der Waals surface area (Å²) in [5.41, 5.74) is 1.58. The van der Waals surface area contributed by atoms with Crippen molar-refractivity contribution in [1.82, 2.24) is 19.7 Å². The first-order valence-electron chi connectivity index (χ1n) is 6.59. The Morgan fingerprint density at radius 3 is 2.67 bits per heavy atom. The zero-order valence-electron chi connectivity index (χ0n) is 12.2. The van der Waals surface area contributed by atoms with E-state index in [9.17, 15) is 5.11 Å². The Kier molecular flexibility index (Phi) is 5.58. The van der Waals surface area contributed by atoms with E-state index >= 15 is 0 Å². The van der Waals surface area contributed by atoms with Crippen molar-refractivity contribution in [2.24, 2.45) is 0 Å². The van der Waals surface area contributed by atoms with E-state index in [0.29, 0.717) is 30.2 Å². The smallest absolute Gasteiger partial charge is 0.181 e. The number of rotatable bonds is 6. The van der Waals surface area contributed by atoms with Crippen LogP contribution in [0.1, 0.15) is 5.69 Å². The number of aromatic nitrogens is 4. The third-order valence-electron chi connectivity index (χ3n) is 2.91. The minimum Gasteiger partial charge on any atom is -0.390 e. The average molecular weight is 441 g/mol. The van der Waals surface area contributed by atoms with E-state index in [0.717, 1.165) is 9.74 Å². The van der Waals surface area contributed by atoms with Gasteiger partial charge in [0.1, 0.15) is 17.9 Å². The molecule has 2 heterocycles. The normalized spacial score (nSPS) is 12.3. The van der Waals surface area contributed by atoms with Crippen LogP contribution in [0.5, 0.6) is 0 Å². The summed E-state index contributed by atoms with van der Waals surface area (Å²) in [6, 6.07) is 1.10. The van der Waals surface area contributed by atoms with Crippen molar-refractivity contribution in [2.75, 3.05) is 6.61 Å². The van der Waals surface area contributed by atoms with Crippen LogP contribution in [0.3, 0.4) is 0 Å². The summed E-state index contributed by atoms with van der Waals surface area (Å²) in [6.07, 6.45) is 0. The first kappa shape index (κ1) is 17.1. The van der Waals surface area contributed by atoms with Crippen LogP contribution in [0, 0.1) is 3.70 Å². The van der Waals surface area contributed by atoms with Gasteiger partial charge in [-0.25, -0.2) is 14.6 Å². The topological polar surface area (TPSA) is 73.1 Å². The van der Waals surface area contributed by atoms with Gasteiger partial charge in [0, 0.05) is 14.7 Å². The number of hydrogen-bond donors (Lipinski definition) is 1. The minimum atomic E-state index is -1.10. The summed E-state index contributed by atoms with van der Waals surface area (Å²) >= 11 is 8.08. The van der Waals surface area contributed by atoms with Crippen molar-refractivity contribution in [3.05, 3.63) is 14.5 Å². The van der Waals surface area contributed by atoms with Gasteiger partial charge in [-0.2, -0.15) is 5.10 Å². The molecule has 0 aliphatic heterocycles. The lowest BCUT2D eigenvalue weighted by Gasteiger charge is -2.15. The van der Waals surface area contributed by atoms with Crippen LogP contribution >= 0.6 is 34.2 Å². The van der Waals surface area contributed by atoms with Crippen LogP contribution in [0.2, 0.25) is 30.8 Å². The first-order valence-corrected chi connectivity index (χ1v) is 11.8. The highest BCUT2D eigenvalue weighted by molar-refractivity contribution is 14.1. The van der Waals surface area contributed by atoms with Crippen LogP contribution in [-0.2, 0) is 18.1 Å². The number of aliphatic hydroxyl groups is 1. The molecule has 0 spiro atoms. The molecule has 0 amide bonds. The predicted molar refractivity (Wildman–Crippen MR) is 93.1 cm³/mol. The van der Waals surface area contributed by atoms with E-state index in [1.54, 1.807) is 4.68 Å². The largest absolute Gasteiger partial charge is 0.390 e. The van der Waals surface area contributed by atoms with Gasteiger partial charge in [-0.3, -0.25) is 0 Å². The molecule has 0 saturated heterocycles. The highest BCUT2D eigenvalue weighted by Gasteiger charge is 2.16. The van der Waals surface area contributed by atoms with Crippen molar-refractivity contribution < 1.29 is 9.84 Å². The number of aliphatic hydroxyl groups excluding tert-OH is 1. The lowest BCUT2D eigenvalue weighted by molar-refractivity contribution is 0.0810. The predicted octanol–water partition coefficient (Wildman–Crippen LogP) is 2.89. The molecule has 9 heteroatoms. The van der Waals surface area contributed by atoms with E-state index in [1.807, 2.05) is 0 Å². The summed E-state index contributed by atoms with van der Waals surface area (Å²) in [5, 5.41) is 13.8. The van der Waals surface area contributed by atoms with E-state index < -0.39 is 8.07 Å². The second-order valence-electron chi connectivity index (χ2n) is 5.93. The standard InChI is InChI=1S/C12H18ClIN4O2Si/c1-21(2,3)5-4-20-7-18-12-9(11(14)17-18)15-8(6-19)10(13)16-12/h19H,4-7H2,1-3H3. The highest BCUT2D eigenvalue weighted by Crippen LogP contribution is 2.21. The van der Waals surface area contributed by atoms with Crippen LogP contribution in [-0.4, -0.2) is 39.5 Å². The van der Waals surface area contributed by atoms with Crippen LogP contribution < -0.4 is 0 Å². The Labute approximate surface area is 143 Å². The molecule has 0 atom stereocenters. The SMILES string of the molecule is C[Si](C)(C)CCOCn1nc(I)c2nc(CO)c(Cl)nc21. The van der Waals surface area contributed by atoms with Gasteiger partial charge in [0.2, 0.25) is 0 Å². The lowest BCUT2D eigenvalue weighted by atomic mass is 10.4. The van der Waals surface area contributed by atoms with E-state index in [1.165, 1.54) is 0 Å². The second kappa shape index (κ2) is 6.86. The average Bonchev–Trinajstić information content (AvgIpc) is 2.69. The molecule has 21 heavy (non-hydrogen) atoms. The van der Waals surface area contributed by atoms with Crippen LogP contribution in [0.15, 0.2) is 0 Å². The maximum absolute atomic E-state index is 9.19.